The molecule has 4 heteroatoms. The van der Waals surface area contributed by atoms with Crippen molar-refractivity contribution in [3.8, 4) is 0 Å². The molecule has 0 bridgehead atoms. The first-order valence-corrected chi connectivity index (χ1v) is 15.4. The molecule has 0 amide bonds. The van der Waals surface area contributed by atoms with Crippen LogP contribution in [0.15, 0.2) is 48.6 Å². The van der Waals surface area contributed by atoms with E-state index < -0.39 is 12.1 Å². The van der Waals surface area contributed by atoms with Gasteiger partial charge < -0.3 is 9.47 Å². The molecule has 0 heterocycles. The highest BCUT2D eigenvalue weighted by Crippen LogP contribution is 2.38. The minimum atomic E-state index is -1.47. The van der Waals surface area contributed by atoms with Gasteiger partial charge in [0.05, 0.1) is 11.7 Å². The van der Waals surface area contributed by atoms with Crippen molar-refractivity contribution in [3.05, 3.63) is 54.1 Å². The topological polar surface area (TPSA) is 35.5 Å². The Kier molecular flexibility index (Phi) is 13.1. The highest BCUT2D eigenvalue weighted by Gasteiger charge is 2.34. The third-order valence-electron chi connectivity index (χ3n) is 8.36. The lowest BCUT2D eigenvalue weighted by molar-refractivity contribution is -0.157. The average molecular weight is 527 g/mol. The van der Waals surface area contributed by atoms with Crippen LogP contribution in [-0.2, 0) is 14.3 Å². The lowest BCUT2D eigenvalue weighted by Crippen LogP contribution is -2.36. The average Bonchev–Trinajstić information content (AvgIpc) is 2.94. The fourth-order valence-electron chi connectivity index (χ4n) is 5.88. The Morgan fingerprint density at radius 3 is 2.39 bits per heavy atom. The molecule has 0 radical (unpaired) electrons. The molecule has 3 nitrogen and oxygen atoms in total. The third-order valence-corrected chi connectivity index (χ3v) is 8.36. The lowest BCUT2D eigenvalue weighted by Gasteiger charge is -2.37. The van der Waals surface area contributed by atoms with Crippen molar-refractivity contribution in [2.45, 2.75) is 141 Å². The number of benzene rings is 1. The van der Waals surface area contributed by atoms with Gasteiger partial charge in [-0.15, -0.1) is 0 Å². The number of rotatable bonds is 16. The number of hydrogen-bond donors (Lipinski definition) is 0. The number of ether oxygens (including phenoxy) is 2. The second kappa shape index (κ2) is 16.2. The van der Waals surface area contributed by atoms with Crippen LogP contribution in [0.1, 0.15) is 123 Å². The van der Waals surface area contributed by atoms with E-state index in [2.05, 4.69) is 62.4 Å². The van der Waals surface area contributed by atoms with Crippen LogP contribution in [0.3, 0.4) is 0 Å². The van der Waals surface area contributed by atoms with Crippen LogP contribution in [0.5, 0.6) is 0 Å². The van der Waals surface area contributed by atoms with Gasteiger partial charge in [-0.05, 0) is 81.8 Å². The minimum Gasteiger partial charge on any atom is -0.460 e. The lowest BCUT2D eigenvalue weighted by atomic mass is 9.79. The van der Waals surface area contributed by atoms with E-state index in [1.807, 2.05) is 6.92 Å². The summed E-state index contributed by atoms with van der Waals surface area (Å²) in [5.41, 5.74) is 2.27. The van der Waals surface area contributed by atoms with Gasteiger partial charge in [0.1, 0.15) is 6.10 Å². The number of halogens is 1. The van der Waals surface area contributed by atoms with E-state index in [9.17, 15) is 9.18 Å². The summed E-state index contributed by atoms with van der Waals surface area (Å²) in [7, 11) is 0. The minimum absolute atomic E-state index is 0.127. The largest absolute Gasteiger partial charge is 0.460 e. The van der Waals surface area contributed by atoms with Crippen LogP contribution in [0.2, 0.25) is 0 Å². The Labute approximate surface area is 231 Å². The van der Waals surface area contributed by atoms with Crippen LogP contribution < -0.4 is 0 Å². The Bertz CT molecular complexity index is 871. The molecule has 0 aliphatic heterocycles. The van der Waals surface area contributed by atoms with Gasteiger partial charge in [0, 0.05) is 0 Å². The van der Waals surface area contributed by atoms with Crippen LogP contribution in [0, 0.1) is 5.92 Å². The van der Waals surface area contributed by atoms with Crippen LogP contribution >= 0.6 is 0 Å². The zero-order valence-electron chi connectivity index (χ0n) is 24.1. The molecule has 0 saturated heterocycles. The van der Waals surface area contributed by atoms with Gasteiger partial charge in [-0.25, -0.2) is 9.18 Å². The molecule has 2 aliphatic carbocycles. The molecular weight excluding hydrogens is 475 g/mol. The summed E-state index contributed by atoms with van der Waals surface area (Å²) in [6.07, 6.45) is 20.3. The van der Waals surface area contributed by atoms with Gasteiger partial charge in [-0.1, -0.05) is 101 Å². The van der Waals surface area contributed by atoms with E-state index in [1.165, 1.54) is 36.8 Å². The van der Waals surface area contributed by atoms with Gasteiger partial charge in [0.25, 0.3) is 0 Å². The maximum Gasteiger partial charge on any atom is 0.340 e. The zero-order chi connectivity index (χ0) is 27.2. The normalized spacial score (nSPS) is 25.0. The van der Waals surface area contributed by atoms with Crippen molar-refractivity contribution in [1.29, 1.82) is 0 Å². The second-order valence-electron chi connectivity index (χ2n) is 11.6. The fourth-order valence-corrected chi connectivity index (χ4v) is 5.88. The van der Waals surface area contributed by atoms with E-state index in [-0.39, 0.29) is 24.2 Å². The number of alkyl halides is 1. The van der Waals surface area contributed by atoms with Crippen molar-refractivity contribution in [2.75, 3.05) is 0 Å². The van der Waals surface area contributed by atoms with Crippen LogP contribution in [0.25, 0.3) is 5.57 Å². The molecule has 1 aromatic carbocycles. The van der Waals surface area contributed by atoms with Gasteiger partial charge in [-0.3, -0.25) is 0 Å². The number of hydrogen-bond acceptors (Lipinski definition) is 3. The van der Waals surface area contributed by atoms with Gasteiger partial charge in [0.2, 0.25) is 0 Å². The molecule has 38 heavy (non-hydrogen) atoms. The molecule has 3 atom stereocenters. The van der Waals surface area contributed by atoms with Crippen LogP contribution in [0.4, 0.5) is 4.39 Å². The van der Waals surface area contributed by atoms with Crippen molar-refractivity contribution in [2.24, 2.45) is 5.92 Å². The molecule has 2 aliphatic rings. The Morgan fingerprint density at radius 2 is 1.74 bits per heavy atom. The summed E-state index contributed by atoms with van der Waals surface area (Å²) >= 11 is 0. The Hall–Kier alpha value is -1.94. The number of carbonyl (C=O) groups excluding carboxylic acids is 1. The number of allylic oxidation sites excluding steroid dienone is 2. The maximum absolute atomic E-state index is 14.0. The van der Waals surface area contributed by atoms with E-state index in [4.69, 9.17) is 9.47 Å². The molecular formula is C34H51FO3. The smallest absolute Gasteiger partial charge is 0.340 e. The maximum atomic E-state index is 14.0. The van der Waals surface area contributed by atoms with E-state index in [0.717, 1.165) is 64.2 Å². The summed E-state index contributed by atoms with van der Waals surface area (Å²) < 4.78 is 26.4. The summed E-state index contributed by atoms with van der Waals surface area (Å²) in [5.74, 6) is -0.0602. The third kappa shape index (κ3) is 9.98. The van der Waals surface area contributed by atoms with E-state index in [1.54, 1.807) is 0 Å². The monoisotopic (exact) mass is 526 g/mol. The van der Waals surface area contributed by atoms with E-state index in [0.29, 0.717) is 5.92 Å². The van der Waals surface area contributed by atoms with Crippen molar-refractivity contribution >= 4 is 11.5 Å². The molecule has 0 spiro atoms. The quantitative estimate of drug-likeness (QED) is 0.159. The molecule has 212 valence electrons. The number of unbranched alkanes of at least 4 members (excludes halogenated alkanes) is 4. The number of carbonyl (C=O) groups is 1. The molecule has 1 saturated carbocycles. The molecule has 1 aromatic rings. The second-order valence-corrected chi connectivity index (χ2v) is 11.6. The first kappa shape index (κ1) is 30.6. The molecule has 0 N–H and O–H groups in total. The summed E-state index contributed by atoms with van der Waals surface area (Å²) in [4.78, 5) is 12.1. The summed E-state index contributed by atoms with van der Waals surface area (Å²) in [6, 6.07) is 10.6. The zero-order valence-corrected chi connectivity index (χ0v) is 24.1. The van der Waals surface area contributed by atoms with Crippen molar-refractivity contribution in [1.82, 2.24) is 0 Å². The number of esters is 1. The predicted molar refractivity (Wildman–Crippen MR) is 156 cm³/mol. The van der Waals surface area contributed by atoms with Crippen molar-refractivity contribution in [3.63, 3.8) is 0 Å². The first-order chi connectivity index (χ1) is 18.4. The summed E-state index contributed by atoms with van der Waals surface area (Å²) in [6.45, 7) is 6.49. The predicted octanol–water partition coefficient (Wildman–Crippen LogP) is 9.55. The highest BCUT2D eigenvalue weighted by molar-refractivity contribution is 5.75. The molecule has 0 aromatic heterocycles. The first-order valence-electron chi connectivity index (χ1n) is 15.4. The Morgan fingerprint density at radius 1 is 1.00 bits per heavy atom. The standard InChI is InChI=1S/C34H51FO3/c1-4-6-8-10-13-27(3)38-34(25-22-30(23-26-34)29-14-11-9-12-15-29)24-21-28-17-19-31(20-18-28)37-33(36)32(35)16-7-5-2/h9,11-12,14-15,22-23,25,27-28,31-32H,4-8,10,13,16-21,24,26H2,1-3H3/t27-,28?,31?,32-,34?/m0/s1. The van der Waals surface area contributed by atoms with Gasteiger partial charge in [-0.2, -0.15) is 0 Å². The Balaban J connectivity index is 1.53. The SMILES string of the molecule is CCCCCC[C@H](C)OC1(CCC2CCC(OC(=O)[C@@H](F)CCCC)CC2)C=CC(c2ccccc2)=CC1. The molecule has 1 fully saturated rings. The van der Waals surface area contributed by atoms with E-state index >= 15 is 0 Å². The molecule has 1 unspecified atom stereocenters. The highest BCUT2D eigenvalue weighted by atomic mass is 19.1. The molecule has 3 rings (SSSR count). The van der Waals surface area contributed by atoms with Crippen molar-refractivity contribution < 1.29 is 18.7 Å². The van der Waals surface area contributed by atoms with Crippen LogP contribution in [-0.4, -0.2) is 29.9 Å². The fraction of sp³-hybridized carbons (Fsp3) is 0.676. The van der Waals surface area contributed by atoms with Gasteiger partial charge in [0.15, 0.2) is 6.17 Å². The summed E-state index contributed by atoms with van der Waals surface area (Å²) in [5, 5.41) is 0. The van der Waals surface area contributed by atoms with Gasteiger partial charge >= 0.3 is 5.97 Å².